The number of benzene rings is 2. The molecule has 3 aromatic rings. The average Bonchev–Trinajstić information content (AvgIpc) is 3.32. The predicted octanol–water partition coefficient (Wildman–Crippen LogP) is 4.19. The number of ether oxygens (including phenoxy) is 1. The molecule has 140 valence electrons. The van der Waals surface area contributed by atoms with Crippen LogP contribution in [-0.4, -0.2) is 29.2 Å². The molecule has 0 spiro atoms. The van der Waals surface area contributed by atoms with Crippen LogP contribution in [0.15, 0.2) is 67.0 Å². The number of halogens is 3. The molecule has 1 saturated heterocycles. The summed E-state index contributed by atoms with van der Waals surface area (Å²) in [6.45, 7) is 1.67. The van der Waals surface area contributed by atoms with Gasteiger partial charge in [0, 0.05) is 18.3 Å². The summed E-state index contributed by atoms with van der Waals surface area (Å²) in [6, 6.07) is 16.0. The first kappa shape index (κ1) is 17.6. The molecule has 1 atom stereocenters. The van der Waals surface area contributed by atoms with Gasteiger partial charge in [-0.15, -0.1) is 13.2 Å². The average molecular weight is 373 g/mol. The topological polar surface area (TPSA) is 39.1 Å². The number of aromatic nitrogens is 2. The van der Waals surface area contributed by atoms with Crippen LogP contribution in [0.2, 0.25) is 0 Å². The lowest BCUT2D eigenvalue weighted by molar-refractivity contribution is -0.274. The first-order chi connectivity index (χ1) is 13.0. The molecule has 0 amide bonds. The highest BCUT2D eigenvalue weighted by atomic mass is 19.4. The maximum Gasteiger partial charge on any atom is 0.573 e. The molecule has 7 heteroatoms. The lowest BCUT2D eigenvalue weighted by atomic mass is 9.89. The van der Waals surface area contributed by atoms with Gasteiger partial charge >= 0.3 is 6.36 Å². The zero-order valence-electron chi connectivity index (χ0n) is 14.4. The highest BCUT2D eigenvalue weighted by molar-refractivity contribution is 5.62. The fourth-order valence-corrected chi connectivity index (χ4v) is 3.56. The molecule has 1 N–H and O–H groups in total. The van der Waals surface area contributed by atoms with Gasteiger partial charge in [0.25, 0.3) is 0 Å². The molecule has 0 bridgehead atoms. The highest BCUT2D eigenvalue weighted by Crippen LogP contribution is 2.34. The monoisotopic (exact) mass is 373 g/mol. The van der Waals surface area contributed by atoms with Crippen molar-refractivity contribution in [1.29, 1.82) is 0 Å². The SMILES string of the molecule is FC(F)(F)Oc1ccc(-c2cnn(C3(c4ccccc4)CCNC3)c2)cc1. The van der Waals surface area contributed by atoms with Crippen LogP contribution in [0.25, 0.3) is 11.1 Å². The van der Waals surface area contributed by atoms with E-state index in [1.54, 1.807) is 18.3 Å². The number of alkyl halides is 3. The molecule has 1 aliphatic rings. The normalized spacial score (nSPS) is 20.0. The molecule has 2 aromatic carbocycles. The van der Waals surface area contributed by atoms with Crippen LogP contribution in [0.5, 0.6) is 5.75 Å². The summed E-state index contributed by atoms with van der Waals surface area (Å²) < 4.78 is 42.8. The quantitative estimate of drug-likeness (QED) is 0.746. The Kier molecular flexibility index (Phi) is 4.39. The summed E-state index contributed by atoms with van der Waals surface area (Å²) in [6.07, 6.45) is -0.0946. The van der Waals surface area contributed by atoms with Gasteiger partial charge in [-0.2, -0.15) is 5.10 Å². The summed E-state index contributed by atoms with van der Waals surface area (Å²) in [4.78, 5) is 0. The second-order valence-electron chi connectivity index (χ2n) is 6.57. The first-order valence-corrected chi connectivity index (χ1v) is 8.64. The molecule has 1 aliphatic heterocycles. The van der Waals surface area contributed by atoms with Gasteiger partial charge < -0.3 is 10.1 Å². The van der Waals surface area contributed by atoms with Crippen LogP contribution < -0.4 is 10.1 Å². The van der Waals surface area contributed by atoms with Crippen LogP contribution in [0.1, 0.15) is 12.0 Å². The third-order valence-electron chi connectivity index (χ3n) is 4.89. The van der Waals surface area contributed by atoms with Crippen molar-refractivity contribution in [3.63, 3.8) is 0 Å². The molecule has 1 unspecified atom stereocenters. The second-order valence-corrected chi connectivity index (χ2v) is 6.57. The van der Waals surface area contributed by atoms with Gasteiger partial charge in [0.1, 0.15) is 11.3 Å². The number of hydrogen-bond acceptors (Lipinski definition) is 3. The summed E-state index contributed by atoms with van der Waals surface area (Å²) in [5.74, 6) is -0.237. The number of hydrogen-bond donors (Lipinski definition) is 1. The van der Waals surface area contributed by atoms with E-state index in [0.29, 0.717) is 0 Å². The maximum atomic E-state index is 12.3. The van der Waals surface area contributed by atoms with E-state index < -0.39 is 6.36 Å². The Bertz CT molecular complexity index is 898. The van der Waals surface area contributed by atoms with Crippen molar-refractivity contribution in [3.8, 4) is 16.9 Å². The van der Waals surface area contributed by atoms with E-state index in [1.165, 1.54) is 17.7 Å². The van der Waals surface area contributed by atoms with Crippen LogP contribution in [0, 0.1) is 0 Å². The van der Waals surface area contributed by atoms with Crippen molar-refractivity contribution in [2.75, 3.05) is 13.1 Å². The van der Waals surface area contributed by atoms with Crippen LogP contribution in [0.3, 0.4) is 0 Å². The summed E-state index contributed by atoms with van der Waals surface area (Å²) in [5.41, 5.74) is 2.54. The zero-order chi connectivity index (χ0) is 18.9. The van der Waals surface area contributed by atoms with Crippen LogP contribution in [-0.2, 0) is 5.54 Å². The Balaban J connectivity index is 1.63. The molecule has 1 aromatic heterocycles. The summed E-state index contributed by atoms with van der Waals surface area (Å²) in [7, 11) is 0. The van der Waals surface area contributed by atoms with E-state index in [2.05, 4.69) is 27.3 Å². The Morgan fingerprint density at radius 1 is 1.00 bits per heavy atom. The van der Waals surface area contributed by atoms with Crippen LogP contribution >= 0.6 is 0 Å². The lowest BCUT2D eigenvalue weighted by Gasteiger charge is -2.29. The Hall–Kier alpha value is -2.80. The van der Waals surface area contributed by atoms with Crippen molar-refractivity contribution in [1.82, 2.24) is 15.1 Å². The molecule has 2 heterocycles. The first-order valence-electron chi connectivity index (χ1n) is 8.64. The highest BCUT2D eigenvalue weighted by Gasteiger charge is 2.38. The Morgan fingerprint density at radius 3 is 2.37 bits per heavy atom. The van der Waals surface area contributed by atoms with Crippen molar-refractivity contribution < 1.29 is 17.9 Å². The van der Waals surface area contributed by atoms with Gasteiger partial charge in [0.05, 0.1) is 6.20 Å². The van der Waals surface area contributed by atoms with Gasteiger partial charge in [0.15, 0.2) is 0 Å². The second kappa shape index (κ2) is 6.74. The summed E-state index contributed by atoms with van der Waals surface area (Å²) in [5, 5.41) is 7.97. The van der Waals surface area contributed by atoms with Gasteiger partial charge in [-0.25, -0.2) is 0 Å². The molecular formula is C20H18F3N3O. The van der Waals surface area contributed by atoms with Crippen LogP contribution in [0.4, 0.5) is 13.2 Å². The lowest BCUT2D eigenvalue weighted by Crippen LogP contribution is -2.37. The maximum absolute atomic E-state index is 12.3. The van der Waals surface area contributed by atoms with E-state index in [-0.39, 0.29) is 11.3 Å². The number of nitrogens with one attached hydrogen (secondary N) is 1. The molecule has 0 radical (unpaired) electrons. The number of rotatable bonds is 4. The molecule has 0 saturated carbocycles. The van der Waals surface area contributed by atoms with Crippen molar-refractivity contribution in [2.24, 2.45) is 0 Å². The minimum atomic E-state index is -4.69. The number of nitrogens with zero attached hydrogens (tertiary/aromatic N) is 2. The van der Waals surface area contributed by atoms with E-state index in [9.17, 15) is 13.2 Å². The smallest absolute Gasteiger partial charge is 0.406 e. The Labute approximate surface area is 154 Å². The Morgan fingerprint density at radius 2 is 1.74 bits per heavy atom. The van der Waals surface area contributed by atoms with E-state index in [1.807, 2.05) is 29.1 Å². The van der Waals surface area contributed by atoms with Crippen molar-refractivity contribution in [3.05, 3.63) is 72.6 Å². The fraction of sp³-hybridized carbons (Fsp3) is 0.250. The molecule has 1 fully saturated rings. The van der Waals surface area contributed by atoms with Gasteiger partial charge in [0.2, 0.25) is 0 Å². The van der Waals surface area contributed by atoms with Gasteiger partial charge in [-0.3, -0.25) is 4.68 Å². The van der Waals surface area contributed by atoms with Crippen molar-refractivity contribution in [2.45, 2.75) is 18.3 Å². The molecule has 27 heavy (non-hydrogen) atoms. The third kappa shape index (κ3) is 3.55. The molecular weight excluding hydrogens is 355 g/mol. The van der Waals surface area contributed by atoms with E-state index >= 15 is 0 Å². The minimum absolute atomic E-state index is 0.237. The zero-order valence-corrected chi connectivity index (χ0v) is 14.4. The predicted molar refractivity (Wildman–Crippen MR) is 95.4 cm³/mol. The van der Waals surface area contributed by atoms with E-state index in [0.717, 1.165) is 30.6 Å². The fourth-order valence-electron chi connectivity index (χ4n) is 3.56. The molecule has 4 rings (SSSR count). The standard InChI is InChI=1S/C20H18F3N3O/c21-20(22,23)27-18-8-6-15(7-9-18)16-12-25-26(13-16)19(10-11-24-14-19)17-4-2-1-3-5-17/h1-9,12-13,24H,10-11,14H2. The molecule has 0 aliphatic carbocycles. The minimum Gasteiger partial charge on any atom is -0.406 e. The van der Waals surface area contributed by atoms with Gasteiger partial charge in [-0.05, 0) is 36.2 Å². The molecule has 4 nitrogen and oxygen atoms in total. The van der Waals surface area contributed by atoms with Gasteiger partial charge in [-0.1, -0.05) is 42.5 Å². The summed E-state index contributed by atoms with van der Waals surface area (Å²) >= 11 is 0. The largest absolute Gasteiger partial charge is 0.573 e. The third-order valence-corrected chi connectivity index (χ3v) is 4.89. The van der Waals surface area contributed by atoms with E-state index in [4.69, 9.17) is 0 Å². The van der Waals surface area contributed by atoms with Crippen molar-refractivity contribution >= 4 is 0 Å².